The minimum atomic E-state index is -0.160. The molecule has 0 bridgehead atoms. The Kier molecular flexibility index (Phi) is 4.37. The van der Waals surface area contributed by atoms with Crippen molar-refractivity contribution in [1.82, 2.24) is 10.3 Å². The number of hydrogen-bond acceptors (Lipinski definition) is 3. The van der Waals surface area contributed by atoms with Crippen LogP contribution in [-0.2, 0) is 4.74 Å². The second-order valence-corrected chi connectivity index (χ2v) is 4.13. The molecule has 90 valence electrons. The molecule has 0 saturated heterocycles. The van der Waals surface area contributed by atoms with Crippen molar-refractivity contribution in [1.29, 1.82) is 0 Å². The average Bonchev–Trinajstić information content (AvgIpc) is 2.64. The predicted octanol–water partition coefficient (Wildman–Crippen LogP) is 0.998. The molecule has 0 aromatic carbocycles. The van der Waals surface area contributed by atoms with E-state index in [2.05, 4.69) is 10.3 Å². The molecule has 5 heteroatoms. The van der Waals surface area contributed by atoms with Crippen LogP contribution in [0.4, 0.5) is 5.69 Å². The third-order valence-corrected chi connectivity index (χ3v) is 2.42. The number of amides is 1. The molecule has 1 amide bonds. The summed E-state index contributed by atoms with van der Waals surface area (Å²) >= 11 is 0. The summed E-state index contributed by atoms with van der Waals surface area (Å²) in [7, 11) is 1.62. The van der Waals surface area contributed by atoms with Gasteiger partial charge in [0.25, 0.3) is 5.91 Å². The molecule has 1 atom stereocenters. The number of aromatic amines is 1. The topological polar surface area (TPSA) is 80.1 Å². The molecule has 1 rings (SSSR count). The maximum atomic E-state index is 11.8. The lowest BCUT2D eigenvalue weighted by atomic mass is 10.1. The van der Waals surface area contributed by atoms with Crippen molar-refractivity contribution in [2.45, 2.75) is 19.9 Å². The summed E-state index contributed by atoms with van der Waals surface area (Å²) in [5.74, 6) is 0.156. The smallest absolute Gasteiger partial charge is 0.268 e. The number of nitrogen functional groups attached to an aromatic ring is 1. The summed E-state index contributed by atoms with van der Waals surface area (Å²) < 4.78 is 5.06. The van der Waals surface area contributed by atoms with Crippen molar-refractivity contribution in [2.75, 3.05) is 19.5 Å². The Hall–Kier alpha value is -1.49. The molecule has 0 fully saturated rings. The van der Waals surface area contributed by atoms with Gasteiger partial charge in [-0.2, -0.15) is 0 Å². The maximum Gasteiger partial charge on any atom is 0.268 e. The van der Waals surface area contributed by atoms with E-state index in [0.717, 1.165) is 0 Å². The van der Waals surface area contributed by atoms with Crippen molar-refractivity contribution in [2.24, 2.45) is 5.92 Å². The highest BCUT2D eigenvalue weighted by Gasteiger charge is 2.17. The van der Waals surface area contributed by atoms with Crippen LogP contribution >= 0.6 is 0 Å². The molecule has 16 heavy (non-hydrogen) atoms. The molecular weight excluding hydrogens is 206 g/mol. The number of H-pyrrole nitrogens is 1. The van der Waals surface area contributed by atoms with Gasteiger partial charge in [-0.25, -0.2) is 0 Å². The number of rotatable bonds is 5. The van der Waals surface area contributed by atoms with E-state index >= 15 is 0 Å². The van der Waals surface area contributed by atoms with Gasteiger partial charge in [-0.3, -0.25) is 4.79 Å². The monoisotopic (exact) mass is 225 g/mol. The number of hydrogen-bond donors (Lipinski definition) is 3. The van der Waals surface area contributed by atoms with Crippen LogP contribution in [0, 0.1) is 5.92 Å². The lowest BCUT2D eigenvalue weighted by Crippen LogP contribution is -2.41. The normalized spacial score (nSPS) is 12.8. The molecule has 0 aliphatic heterocycles. The second kappa shape index (κ2) is 5.55. The summed E-state index contributed by atoms with van der Waals surface area (Å²) in [5.41, 5.74) is 6.55. The van der Waals surface area contributed by atoms with Crippen LogP contribution in [0.5, 0.6) is 0 Å². The van der Waals surface area contributed by atoms with E-state index in [1.807, 2.05) is 13.8 Å². The Morgan fingerprint density at radius 3 is 2.75 bits per heavy atom. The summed E-state index contributed by atoms with van der Waals surface area (Å²) in [5, 5.41) is 2.90. The number of nitrogens with one attached hydrogen (secondary N) is 2. The van der Waals surface area contributed by atoms with Crippen molar-refractivity contribution >= 4 is 11.6 Å². The Morgan fingerprint density at radius 2 is 2.31 bits per heavy atom. The highest BCUT2D eigenvalue weighted by atomic mass is 16.5. The highest BCUT2D eigenvalue weighted by molar-refractivity contribution is 5.93. The van der Waals surface area contributed by atoms with Gasteiger partial charge < -0.3 is 20.8 Å². The number of carbonyl (C=O) groups excluding carboxylic acids is 1. The largest absolute Gasteiger partial charge is 0.397 e. The molecular formula is C11H19N3O2. The second-order valence-electron chi connectivity index (χ2n) is 4.13. The van der Waals surface area contributed by atoms with E-state index in [9.17, 15) is 4.79 Å². The lowest BCUT2D eigenvalue weighted by Gasteiger charge is -2.21. The number of anilines is 1. The number of methoxy groups -OCH3 is 1. The van der Waals surface area contributed by atoms with E-state index in [4.69, 9.17) is 10.5 Å². The molecule has 0 aliphatic rings. The SMILES string of the molecule is COCC(NC(=O)c1cc(N)c[nH]1)C(C)C. The van der Waals surface area contributed by atoms with E-state index in [1.165, 1.54) is 0 Å². The van der Waals surface area contributed by atoms with Crippen LogP contribution in [0.15, 0.2) is 12.3 Å². The van der Waals surface area contributed by atoms with E-state index in [0.29, 0.717) is 23.9 Å². The number of ether oxygens (including phenoxy) is 1. The fourth-order valence-electron chi connectivity index (χ4n) is 1.37. The molecule has 0 aliphatic carbocycles. The van der Waals surface area contributed by atoms with E-state index in [1.54, 1.807) is 19.4 Å². The van der Waals surface area contributed by atoms with Gasteiger partial charge >= 0.3 is 0 Å². The first kappa shape index (κ1) is 12.6. The zero-order valence-corrected chi connectivity index (χ0v) is 9.91. The van der Waals surface area contributed by atoms with Gasteiger partial charge in [0.15, 0.2) is 0 Å². The highest BCUT2D eigenvalue weighted by Crippen LogP contribution is 2.07. The fourth-order valence-corrected chi connectivity index (χ4v) is 1.37. The number of aromatic nitrogens is 1. The Bertz CT molecular complexity index is 347. The first-order valence-electron chi connectivity index (χ1n) is 5.28. The van der Waals surface area contributed by atoms with Gasteiger partial charge in [0, 0.05) is 19.0 Å². The number of carbonyl (C=O) groups is 1. The van der Waals surface area contributed by atoms with Gasteiger partial charge in [-0.15, -0.1) is 0 Å². The van der Waals surface area contributed by atoms with E-state index < -0.39 is 0 Å². The third kappa shape index (κ3) is 3.27. The van der Waals surface area contributed by atoms with Crippen LogP contribution < -0.4 is 11.1 Å². The molecule has 1 unspecified atom stereocenters. The molecule has 1 aromatic rings. The lowest BCUT2D eigenvalue weighted by molar-refractivity contribution is 0.0862. The standard InChI is InChI=1S/C11H19N3O2/c1-7(2)10(6-16-3)14-11(15)9-4-8(12)5-13-9/h4-5,7,10,13H,6,12H2,1-3H3,(H,14,15). The first-order valence-corrected chi connectivity index (χ1v) is 5.28. The van der Waals surface area contributed by atoms with Crippen LogP contribution in [0.25, 0.3) is 0 Å². The van der Waals surface area contributed by atoms with Gasteiger partial charge in [-0.1, -0.05) is 13.8 Å². The minimum absolute atomic E-state index is 0.00187. The van der Waals surface area contributed by atoms with Gasteiger partial charge in [0.2, 0.25) is 0 Å². The van der Waals surface area contributed by atoms with Crippen LogP contribution in [0.1, 0.15) is 24.3 Å². The van der Waals surface area contributed by atoms with Crippen LogP contribution in [0.3, 0.4) is 0 Å². The Labute approximate surface area is 95.4 Å². The zero-order chi connectivity index (χ0) is 12.1. The first-order chi connectivity index (χ1) is 7.54. The van der Waals surface area contributed by atoms with Crippen LogP contribution in [-0.4, -0.2) is 30.6 Å². The van der Waals surface area contributed by atoms with Gasteiger partial charge in [0.1, 0.15) is 5.69 Å². The maximum absolute atomic E-state index is 11.8. The molecule has 0 radical (unpaired) electrons. The minimum Gasteiger partial charge on any atom is -0.397 e. The van der Waals surface area contributed by atoms with Gasteiger partial charge in [-0.05, 0) is 12.0 Å². The zero-order valence-electron chi connectivity index (χ0n) is 9.91. The van der Waals surface area contributed by atoms with Crippen LogP contribution in [0.2, 0.25) is 0 Å². The summed E-state index contributed by atoms with van der Waals surface area (Å²) in [4.78, 5) is 14.6. The summed E-state index contributed by atoms with van der Waals surface area (Å²) in [6.07, 6.45) is 1.59. The molecule has 1 heterocycles. The molecule has 5 nitrogen and oxygen atoms in total. The molecule has 4 N–H and O–H groups in total. The molecule has 0 spiro atoms. The van der Waals surface area contributed by atoms with Crippen molar-refractivity contribution in [3.8, 4) is 0 Å². The fraction of sp³-hybridized carbons (Fsp3) is 0.545. The molecule has 1 aromatic heterocycles. The van der Waals surface area contributed by atoms with Gasteiger partial charge in [0.05, 0.1) is 12.6 Å². The van der Waals surface area contributed by atoms with Crippen molar-refractivity contribution < 1.29 is 9.53 Å². The Morgan fingerprint density at radius 1 is 1.62 bits per heavy atom. The van der Waals surface area contributed by atoms with Crippen molar-refractivity contribution in [3.05, 3.63) is 18.0 Å². The predicted molar refractivity (Wildman–Crippen MR) is 63.2 cm³/mol. The van der Waals surface area contributed by atoms with E-state index in [-0.39, 0.29) is 11.9 Å². The van der Waals surface area contributed by atoms with Crippen molar-refractivity contribution in [3.63, 3.8) is 0 Å². The Balaban J connectivity index is 2.61. The average molecular weight is 225 g/mol. The third-order valence-electron chi connectivity index (χ3n) is 2.42. The summed E-state index contributed by atoms with van der Waals surface area (Å²) in [6.45, 7) is 4.57. The quantitative estimate of drug-likeness (QED) is 0.699. The summed E-state index contributed by atoms with van der Waals surface area (Å²) in [6, 6.07) is 1.61. The molecule has 0 saturated carbocycles. The number of nitrogens with two attached hydrogens (primary N) is 1.